The summed E-state index contributed by atoms with van der Waals surface area (Å²) in [5, 5.41) is 6.03. The van der Waals surface area contributed by atoms with Gasteiger partial charge in [0, 0.05) is 24.4 Å². The molecule has 0 fully saturated rings. The summed E-state index contributed by atoms with van der Waals surface area (Å²) in [5.74, 6) is -0.0946. The van der Waals surface area contributed by atoms with E-state index in [1.165, 1.54) is 16.1 Å². The molecule has 0 aliphatic carbocycles. The highest BCUT2D eigenvalue weighted by atomic mass is 16.2. The molecule has 0 atom stereocenters. The molecular weight excluding hydrogens is 262 g/mol. The van der Waals surface area contributed by atoms with Gasteiger partial charge < -0.3 is 0 Å². The Morgan fingerprint density at radius 3 is 2.81 bits per heavy atom. The van der Waals surface area contributed by atoms with Crippen molar-refractivity contribution in [3.63, 3.8) is 0 Å². The first-order chi connectivity index (χ1) is 10.1. The monoisotopic (exact) mass is 279 g/mol. The Morgan fingerprint density at radius 2 is 2.10 bits per heavy atom. The first kappa shape index (κ1) is 13.5. The van der Waals surface area contributed by atoms with E-state index in [4.69, 9.17) is 0 Å². The summed E-state index contributed by atoms with van der Waals surface area (Å²) in [5.41, 5.74) is 5.11. The van der Waals surface area contributed by atoms with Crippen molar-refractivity contribution in [2.45, 2.75) is 20.3 Å². The lowest BCUT2D eigenvalue weighted by molar-refractivity contribution is 0.0778. The second-order valence-corrected chi connectivity index (χ2v) is 5.29. The molecule has 4 nitrogen and oxygen atoms in total. The van der Waals surface area contributed by atoms with Gasteiger partial charge in [-0.05, 0) is 31.5 Å². The average Bonchev–Trinajstić information content (AvgIpc) is 2.97. The molecule has 2 heterocycles. The van der Waals surface area contributed by atoms with Gasteiger partial charge in [-0.15, -0.1) is 0 Å². The first-order valence-corrected chi connectivity index (χ1v) is 7.02. The molecular formula is C17H17N3O. The number of carbonyl (C=O) groups is 1. The predicted octanol–water partition coefficient (Wildman–Crippen LogP) is 2.95. The van der Waals surface area contributed by atoms with Crippen LogP contribution in [0, 0.1) is 13.8 Å². The summed E-state index contributed by atoms with van der Waals surface area (Å²) >= 11 is 0. The number of carbonyl (C=O) groups excluding carboxylic acids is 1. The highest BCUT2D eigenvalue weighted by Crippen LogP contribution is 2.19. The van der Waals surface area contributed by atoms with Crippen molar-refractivity contribution in [2.75, 3.05) is 6.54 Å². The van der Waals surface area contributed by atoms with E-state index in [1.54, 1.807) is 24.5 Å². The maximum atomic E-state index is 12.3. The molecule has 3 rings (SSSR count). The quantitative estimate of drug-likeness (QED) is 0.848. The van der Waals surface area contributed by atoms with E-state index in [2.05, 4.69) is 42.1 Å². The van der Waals surface area contributed by atoms with Crippen molar-refractivity contribution in [1.82, 2.24) is 9.99 Å². The Kier molecular flexibility index (Phi) is 3.52. The summed E-state index contributed by atoms with van der Waals surface area (Å²) in [7, 11) is 0. The molecule has 1 amide bonds. The number of aromatic nitrogens is 1. The summed E-state index contributed by atoms with van der Waals surface area (Å²) in [4.78, 5) is 16.3. The van der Waals surface area contributed by atoms with E-state index in [-0.39, 0.29) is 5.91 Å². The van der Waals surface area contributed by atoms with Crippen molar-refractivity contribution in [2.24, 2.45) is 5.10 Å². The smallest absolute Gasteiger partial charge is 0.267 e. The van der Waals surface area contributed by atoms with Crippen LogP contribution < -0.4 is 0 Å². The molecule has 1 aromatic carbocycles. The van der Waals surface area contributed by atoms with E-state index in [0.717, 1.165) is 17.7 Å². The van der Waals surface area contributed by atoms with Crippen LogP contribution in [0.5, 0.6) is 0 Å². The van der Waals surface area contributed by atoms with E-state index < -0.39 is 0 Å². The van der Waals surface area contributed by atoms with Crippen LogP contribution in [0.25, 0.3) is 0 Å². The maximum Gasteiger partial charge on any atom is 0.275 e. The van der Waals surface area contributed by atoms with Crippen LogP contribution in [-0.2, 0) is 0 Å². The third-order valence-corrected chi connectivity index (χ3v) is 3.64. The SMILES string of the molecule is Cc1ccc(C2=NN(C(=O)c3cccnc3)CC2)c(C)c1. The molecule has 0 N–H and O–H groups in total. The van der Waals surface area contributed by atoms with E-state index in [0.29, 0.717) is 12.1 Å². The van der Waals surface area contributed by atoms with Crippen molar-refractivity contribution < 1.29 is 4.79 Å². The third-order valence-electron chi connectivity index (χ3n) is 3.64. The van der Waals surface area contributed by atoms with Crippen molar-refractivity contribution >= 4 is 11.6 Å². The number of aryl methyl sites for hydroxylation is 2. The van der Waals surface area contributed by atoms with E-state index in [1.807, 2.05) is 0 Å². The molecule has 1 aliphatic rings. The number of hydrogen-bond donors (Lipinski definition) is 0. The van der Waals surface area contributed by atoms with E-state index in [9.17, 15) is 4.79 Å². The lowest BCUT2D eigenvalue weighted by Crippen LogP contribution is -2.23. The topological polar surface area (TPSA) is 45.6 Å². The van der Waals surface area contributed by atoms with Gasteiger partial charge in [-0.3, -0.25) is 9.78 Å². The standard InChI is InChI=1S/C17H17N3O/c1-12-5-6-15(13(2)10-12)16-7-9-20(19-16)17(21)14-4-3-8-18-11-14/h3-6,8,10-11H,7,9H2,1-2H3. The molecule has 0 spiro atoms. The van der Waals surface area contributed by atoms with Gasteiger partial charge >= 0.3 is 0 Å². The molecule has 0 saturated carbocycles. The third kappa shape index (κ3) is 2.70. The van der Waals surface area contributed by atoms with Gasteiger partial charge in [-0.2, -0.15) is 5.10 Å². The van der Waals surface area contributed by atoms with Crippen LogP contribution in [-0.4, -0.2) is 28.2 Å². The summed E-state index contributed by atoms with van der Waals surface area (Å²) in [6, 6.07) is 9.83. The minimum atomic E-state index is -0.0946. The van der Waals surface area contributed by atoms with Gasteiger partial charge in [-0.1, -0.05) is 23.8 Å². The number of pyridine rings is 1. The lowest BCUT2D eigenvalue weighted by Gasteiger charge is -2.10. The molecule has 0 radical (unpaired) electrons. The fraction of sp³-hybridized carbons (Fsp3) is 0.235. The molecule has 4 heteroatoms. The van der Waals surface area contributed by atoms with E-state index >= 15 is 0 Å². The Hall–Kier alpha value is -2.49. The van der Waals surface area contributed by atoms with Crippen molar-refractivity contribution in [3.8, 4) is 0 Å². The van der Waals surface area contributed by atoms with Gasteiger partial charge in [0.25, 0.3) is 5.91 Å². The van der Waals surface area contributed by atoms with Crippen LogP contribution in [0.2, 0.25) is 0 Å². The zero-order valence-electron chi connectivity index (χ0n) is 12.2. The zero-order chi connectivity index (χ0) is 14.8. The summed E-state index contributed by atoms with van der Waals surface area (Å²) < 4.78 is 0. The number of hydrogen-bond acceptors (Lipinski definition) is 3. The van der Waals surface area contributed by atoms with Gasteiger partial charge in [-0.25, -0.2) is 5.01 Å². The molecule has 0 unspecified atom stereocenters. The predicted molar refractivity (Wildman–Crippen MR) is 82.3 cm³/mol. The number of hydrazone groups is 1. The minimum absolute atomic E-state index is 0.0946. The Balaban J connectivity index is 1.86. The molecule has 0 bridgehead atoms. The van der Waals surface area contributed by atoms with Gasteiger partial charge in [0.15, 0.2) is 0 Å². The molecule has 1 aromatic heterocycles. The van der Waals surface area contributed by atoms with Crippen LogP contribution in [0.4, 0.5) is 0 Å². The fourth-order valence-corrected chi connectivity index (χ4v) is 2.57. The van der Waals surface area contributed by atoms with Gasteiger partial charge in [0.1, 0.15) is 0 Å². The number of benzene rings is 1. The van der Waals surface area contributed by atoms with Crippen LogP contribution in [0.1, 0.15) is 33.5 Å². The van der Waals surface area contributed by atoms with Gasteiger partial charge in [0.05, 0.1) is 17.8 Å². The number of amides is 1. The average molecular weight is 279 g/mol. The minimum Gasteiger partial charge on any atom is -0.267 e. The van der Waals surface area contributed by atoms with Crippen molar-refractivity contribution in [1.29, 1.82) is 0 Å². The fourth-order valence-electron chi connectivity index (χ4n) is 2.57. The highest BCUT2D eigenvalue weighted by Gasteiger charge is 2.23. The molecule has 0 saturated heterocycles. The second kappa shape index (κ2) is 5.48. The molecule has 106 valence electrons. The van der Waals surface area contributed by atoms with Crippen molar-refractivity contribution in [3.05, 3.63) is 65.0 Å². The molecule has 2 aromatic rings. The largest absolute Gasteiger partial charge is 0.275 e. The molecule has 21 heavy (non-hydrogen) atoms. The zero-order valence-corrected chi connectivity index (χ0v) is 12.2. The normalized spacial score (nSPS) is 14.2. The van der Waals surface area contributed by atoms with Gasteiger partial charge in [0.2, 0.25) is 0 Å². The first-order valence-electron chi connectivity index (χ1n) is 7.02. The number of rotatable bonds is 2. The molecule has 1 aliphatic heterocycles. The maximum absolute atomic E-state index is 12.3. The highest BCUT2D eigenvalue weighted by molar-refractivity contribution is 6.05. The second-order valence-electron chi connectivity index (χ2n) is 5.29. The van der Waals surface area contributed by atoms with Crippen LogP contribution in [0.15, 0.2) is 47.8 Å². The Labute approximate surface area is 124 Å². The Bertz CT molecular complexity index is 707. The summed E-state index contributed by atoms with van der Waals surface area (Å²) in [6.07, 6.45) is 4.02. The Morgan fingerprint density at radius 1 is 1.24 bits per heavy atom. The van der Waals surface area contributed by atoms with Crippen LogP contribution >= 0.6 is 0 Å². The number of nitrogens with zero attached hydrogens (tertiary/aromatic N) is 3. The van der Waals surface area contributed by atoms with Crippen LogP contribution in [0.3, 0.4) is 0 Å². The lowest BCUT2D eigenvalue weighted by atomic mass is 10.0. The summed E-state index contributed by atoms with van der Waals surface area (Å²) in [6.45, 7) is 4.78.